The monoisotopic (exact) mass is 261 g/mol. The SMILES string of the molecule is O=C=NCc1c(O)c(O)cc(F)c1Br. The highest BCUT2D eigenvalue weighted by molar-refractivity contribution is 9.10. The van der Waals surface area contributed by atoms with Gasteiger partial charge in [0.05, 0.1) is 11.0 Å². The van der Waals surface area contributed by atoms with E-state index in [4.69, 9.17) is 5.11 Å². The fourth-order valence-corrected chi connectivity index (χ4v) is 1.34. The molecule has 0 fully saturated rings. The third-order valence-corrected chi connectivity index (χ3v) is 2.43. The number of carbonyl (C=O) groups excluding carboxylic acids is 1. The molecule has 0 heterocycles. The minimum atomic E-state index is -0.739. The van der Waals surface area contributed by atoms with Crippen LogP contribution in [0.1, 0.15) is 5.56 Å². The number of aromatic hydroxyl groups is 2. The summed E-state index contributed by atoms with van der Waals surface area (Å²) in [7, 11) is 0. The van der Waals surface area contributed by atoms with Gasteiger partial charge in [0.1, 0.15) is 5.82 Å². The first kappa shape index (κ1) is 10.7. The van der Waals surface area contributed by atoms with E-state index in [-0.39, 0.29) is 16.6 Å². The van der Waals surface area contributed by atoms with E-state index < -0.39 is 17.3 Å². The van der Waals surface area contributed by atoms with Crippen molar-refractivity contribution in [3.63, 3.8) is 0 Å². The van der Waals surface area contributed by atoms with Crippen LogP contribution >= 0.6 is 15.9 Å². The average Bonchev–Trinajstić information content (AvgIpc) is 2.15. The van der Waals surface area contributed by atoms with E-state index in [1.54, 1.807) is 0 Å². The average molecular weight is 262 g/mol. The Balaban J connectivity index is 3.31. The predicted molar refractivity (Wildman–Crippen MR) is 49.3 cm³/mol. The number of phenolic OH excluding ortho intramolecular Hbond substituents is 2. The van der Waals surface area contributed by atoms with Gasteiger partial charge in [0, 0.05) is 11.6 Å². The topological polar surface area (TPSA) is 69.9 Å². The molecular formula is C8H5BrFNO3. The van der Waals surface area contributed by atoms with Crippen LogP contribution in [0.4, 0.5) is 4.39 Å². The minimum absolute atomic E-state index is 0.00542. The van der Waals surface area contributed by atoms with Crippen molar-refractivity contribution in [1.29, 1.82) is 0 Å². The number of nitrogens with zero attached hydrogens (tertiary/aromatic N) is 1. The highest BCUT2D eigenvalue weighted by atomic mass is 79.9. The van der Waals surface area contributed by atoms with Gasteiger partial charge in [-0.3, -0.25) is 0 Å². The van der Waals surface area contributed by atoms with Crippen molar-refractivity contribution in [1.82, 2.24) is 0 Å². The number of hydrogen-bond acceptors (Lipinski definition) is 4. The fraction of sp³-hybridized carbons (Fsp3) is 0.125. The zero-order valence-corrected chi connectivity index (χ0v) is 8.38. The first-order valence-electron chi connectivity index (χ1n) is 3.50. The third-order valence-electron chi connectivity index (χ3n) is 1.57. The van der Waals surface area contributed by atoms with Gasteiger partial charge in [0.15, 0.2) is 11.5 Å². The molecule has 0 saturated heterocycles. The lowest BCUT2D eigenvalue weighted by Crippen LogP contribution is -1.89. The van der Waals surface area contributed by atoms with E-state index in [0.29, 0.717) is 0 Å². The van der Waals surface area contributed by atoms with Crippen molar-refractivity contribution in [2.45, 2.75) is 6.54 Å². The molecule has 2 N–H and O–H groups in total. The summed E-state index contributed by atoms with van der Waals surface area (Å²) in [5.74, 6) is -1.84. The van der Waals surface area contributed by atoms with Crippen LogP contribution in [0.5, 0.6) is 11.5 Å². The first-order valence-corrected chi connectivity index (χ1v) is 4.29. The van der Waals surface area contributed by atoms with Crippen molar-refractivity contribution in [3.05, 3.63) is 21.9 Å². The molecule has 0 radical (unpaired) electrons. The van der Waals surface area contributed by atoms with E-state index in [0.717, 1.165) is 6.07 Å². The van der Waals surface area contributed by atoms with Gasteiger partial charge in [0.2, 0.25) is 6.08 Å². The molecule has 74 valence electrons. The summed E-state index contributed by atoms with van der Waals surface area (Å²) in [6.07, 6.45) is 1.25. The standard InChI is InChI=1S/C8H5BrFNO3/c9-7-4(2-11-3-12)8(14)6(13)1-5(7)10/h1,13-14H,2H2. The molecule has 14 heavy (non-hydrogen) atoms. The van der Waals surface area contributed by atoms with Crippen molar-refractivity contribution >= 4 is 22.0 Å². The Labute approximate surface area is 86.8 Å². The van der Waals surface area contributed by atoms with Crippen LogP contribution in [0.25, 0.3) is 0 Å². The molecule has 4 nitrogen and oxygen atoms in total. The van der Waals surface area contributed by atoms with Gasteiger partial charge in [-0.1, -0.05) is 0 Å². The predicted octanol–water partition coefficient (Wildman–Crippen LogP) is 1.84. The number of isocyanates is 1. The maximum Gasteiger partial charge on any atom is 0.235 e. The number of rotatable bonds is 2. The number of hydrogen-bond donors (Lipinski definition) is 2. The van der Waals surface area contributed by atoms with Crippen LogP contribution in [-0.2, 0) is 11.3 Å². The smallest absolute Gasteiger partial charge is 0.235 e. The largest absolute Gasteiger partial charge is 0.504 e. The Bertz CT molecular complexity index is 389. The highest BCUT2D eigenvalue weighted by Crippen LogP contribution is 2.36. The first-order chi connectivity index (χ1) is 6.57. The lowest BCUT2D eigenvalue weighted by molar-refractivity contribution is 0.394. The van der Waals surface area contributed by atoms with Crippen LogP contribution in [0.2, 0.25) is 0 Å². The van der Waals surface area contributed by atoms with Gasteiger partial charge in [-0.05, 0) is 15.9 Å². The molecular weight excluding hydrogens is 257 g/mol. The molecule has 1 aromatic carbocycles. The molecule has 0 aliphatic rings. The third kappa shape index (κ3) is 1.92. The van der Waals surface area contributed by atoms with Gasteiger partial charge >= 0.3 is 0 Å². The summed E-state index contributed by atoms with van der Waals surface area (Å²) in [5, 5.41) is 18.3. The van der Waals surface area contributed by atoms with E-state index >= 15 is 0 Å². The molecule has 1 rings (SSSR count). The number of halogens is 2. The van der Waals surface area contributed by atoms with Crippen molar-refractivity contribution in [2.24, 2.45) is 4.99 Å². The second-order valence-corrected chi connectivity index (χ2v) is 3.22. The van der Waals surface area contributed by atoms with Gasteiger partial charge in [-0.25, -0.2) is 14.2 Å². The van der Waals surface area contributed by atoms with Gasteiger partial charge in [-0.15, -0.1) is 0 Å². The Morgan fingerprint density at radius 3 is 2.79 bits per heavy atom. The zero-order valence-electron chi connectivity index (χ0n) is 6.79. The summed E-state index contributed by atoms with van der Waals surface area (Å²) in [6, 6.07) is 0.757. The van der Waals surface area contributed by atoms with Crippen LogP contribution in [0.3, 0.4) is 0 Å². The molecule has 0 aliphatic carbocycles. The summed E-state index contributed by atoms with van der Waals surface area (Å²) in [4.78, 5) is 13.0. The lowest BCUT2D eigenvalue weighted by atomic mass is 10.2. The van der Waals surface area contributed by atoms with E-state index in [1.807, 2.05) is 0 Å². The molecule has 0 bridgehead atoms. The molecule has 0 unspecified atom stereocenters. The second kappa shape index (κ2) is 4.21. The summed E-state index contributed by atoms with van der Waals surface area (Å²) < 4.78 is 13.0. The molecule has 1 aromatic rings. The number of aliphatic imine (C=N–C) groups is 1. The normalized spacial score (nSPS) is 9.57. The van der Waals surface area contributed by atoms with E-state index in [2.05, 4.69) is 20.9 Å². The highest BCUT2D eigenvalue weighted by Gasteiger charge is 2.15. The zero-order chi connectivity index (χ0) is 10.7. The van der Waals surface area contributed by atoms with Crippen LogP contribution < -0.4 is 0 Å². The molecule has 0 aromatic heterocycles. The van der Waals surface area contributed by atoms with Gasteiger partial charge in [-0.2, -0.15) is 0 Å². The minimum Gasteiger partial charge on any atom is -0.504 e. The molecule has 0 spiro atoms. The number of benzene rings is 1. The molecule has 6 heteroatoms. The maximum absolute atomic E-state index is 13.0. The number of phenols is 2. The molecule has 0 amide bonds. The van der Waals surface area contributed by atoms with Crippen molar-refractivity contribution in [2.75, 3.05) is 0 Å². The Morgan fingerprint density at radius 2 is 2.21 bits per heavy atom. The summed E-state index contributed by atoms with van der Waals surface area (Å²) >= 11 is 2.86. The second-order valence-electron chi connectivity index (χ2n) is 2.43. The van der Waals surface area contributed by atoms with Gasteiger partial charge < -0.3 is 10.2 Å². The van der Waals surface area contributed by atoms with Crippen LogP contribution in [0, 0.1) is 5.82 Å². The fourth-order valence-electron chi connectivity index (χ4n) is 0.910. The van der Waals surface area contributed by atoms with Crippen molar-refractivity contribution in [3.8, 4) is 11.5 Å². The lowest BCUT2D eigenvalue weighted by Gasteiger charge is -2.06. The summed E-state index contributed by atoms with van der Waals surface area (Å²) in [5.41, 5.74) is 0.00542. The van der Waals surface area contributed by atoms with Crippen LogP contribution in [0.15, 0.2) is 15.5 Å². The van der Waals surface area contributed by atoms with Crippen LogP contribution in [-0.4, -0.2) is 16.3 Å². The van der Waals surface area contributed by atoms with Gasteiger partial charge in [0.25, 0.3) is 0 Å². The van der Waals surface area contributed by atoms with E-state index in [9.17, 15) is 14.3 Å². The Morgan fingerprint density at radius 1 is 1.57 bits per heavy atom. The molecule has 0 saturated carbocycles. The van der Waals surface area contributed by atoms with E-state index in [1.165, 1.54) is 6.08 Å². The molecule has 0 aliphatic heterocycles. The molecule has 0 atom stereocenters. The maximum atomic E-state index is 13.0. The summed E-state index contributed by atoms with van der Waals surface area (Å²) in [6.45, 7) is -0.249. The van der Waals surface area contributed by atoms with Crippen molar-refractivity contribution < 1.29 is 19.4 Å². The quantitative estimate of drug-likeness (QED) is 0.485. The Hall–Kier alpha value is -1.39. The Kier molecular flexibility index (Phi) is 3.22.